The Kier molecular flexibility index (Phi) is 3.93. The van der Waals surface area contributed by atoms with Crippen molar-refractivity contribution in [3.63, 3.8) is 0 Å². The van der Waals surface area contributed by atoms with E-state index in [1.165, 1.54) is 7.05 Å². The van der Waals surface area contributed by atoms with Gasteiger partial charge in [-0.1, -0.05) is 12.1 Å². The Hall–Kier alpha value is -2.06. The van der Waals surface area contributed by atoms with E-state index >= 15 is 0 Å². The molecule has 1 amide bonds. The normalized spacial score (nSPS) is 13.1. The molecule has 2 aromatic rings. The number of rotatable bonds is 4. The van der Waals surface area contributed by atoms with Gasteiger partial charge in [0.15, 0.2) is 0 Å². The van der Waals surface area contributed by atoms with E-state index in [0.717, 1.165) is 6.26 Å². The van der Waals surface area contributed by atoms with Gasteiger partial charge in [-0.3, -0.25) is 9.52 Å². The van der Waals surface area contributed by atoms with Crippen molar-refractivity contribution in [3.05, 3.63) is 29.3 Å². The van der Waals surface area contributed by atoms with Gasteiger partial charge in [0.1, 0.15) is 11.1 Å². The molecule has 21 heavy (non-hydrogen) atoms. The van der Waals surface area contributed by atoms with Gasteiger partial charge >= 0.3 is 0 Å². The lowest BCUT2D eigenvalue weighted by Gasteiger charge is -2.08. The lowest BCUT2D eigenvalue weighted by atomic mass is 10.0. The van der Waals surface area contributed by atoms with Crippen molar-refractivity contribution in [3.8, 4) is 0 Å². The van der Waals surface area contributed by atoms with Crippen LogP contribution in [0.2, 0.25) is 0 Å². The van der Waals surface area contributed by atoms with Gasteiger partial charge in [-0.2, -0.15) is 0 Å². The quantitative estimate of drug-likeness (QED) is 0.786. The highest BCUT2D eigenvalue weighted by molar-refractivity contribution is 7.92. The van der Waals surface area contributed by atoms with E-state index in [-0.39, 0.29) is 11.4 Å². The fourth-order valence-electron chi connectivity index (χ4n) is 2.11. The number of carbonyl (C=O) groups excluding carboxylic acids is 1. The van der Waals surface area contributed by atoms with Crippen molar-refractivity contribution in [2.75, 3.05) is 18.0 Å². The second-order valence-electron chi connectivity index (χ2n) is 4.66. The Morgan fingerprint density at radius 2 is 2.05 bits per heavy atom. The summed E-state index contributed by atoms with van der Waals surface area (Å²) < 4.78 is 30.4. The molecule has 1 aromatic carbocycles. The molecule has 0 saturated heterocycles. The summed E-state index contributed by atoms with van der Waals surface area (Å²) in [7, 11) is -2.18. The third-order valence-corrected chi connectivity index (χ3v) is 3.49. The maximum absolute atomic E-state index is 12.1. The third kappa shape index (κ3) is 3.01. The van der Waals surface area contributed by atoms with Crippen LogP contribution in [0.5, 0.6) is 0 Å². The van der Waals surface area contributed by atoms with Crippen LogP contribution in [-0.4, -0.2) is 32.7 Å². The van der Waals surface area contributed by atoms with Crippen molar-refractivity contribution in [1.29, 1.82) is 0 Å². The molecule has 1 heterocycles. The predicted octanol–water partition coefficient (Wildman–Crippen LogP) is 1.22. The molecule has 0 saturated carbocycles. The molecular formula is C13H16N2O5S. The Labute approximate surface area is 122 Å². The highest BCUT2D eigenvalue weighted by Gasteiger charge is 2.25. The Morgan fingerprint density at radius 1 is 1.38 bits per heavy atom. The summed E-state index contributed by atoms with van der Waals surface area (Å²) >= 11 is 0. The summed E-state index contributed by atoms with van der Waals surface area (Å²) in [5.41, 5.74) is 0.851. The average molecular weight is 312 g/mol. The van der Waals surface area contributed by atoms with Crippen molar-refractivity contribution in [1.82, 2.24) is 5.32 Å². The summed E-state index contributed by atoms with van der Waals surface area (Å²) in [5, 5.41) is 12.7. The van der Waals surface area contributed by atoms with E-state index in [9.17, 15) is 18.3 Å². The number of fused-ring (bicyclic) bond motifs is 1. The van der Waals surface area contributed by atoms with Crippen LogP contribution in [0, 0.1) is 0 Å². The molecule has 0 aliphatic rings. The van der Waals surface area contributed by atoms with Crippen LogP contribution in [0.3, 0.4) is 0 Å². The first kappa shape index (κ1) is 15.3. The lowest BCUT2D eigenvalue weighted by Crippen LogP contribution is -2.20. The SMILES string of the molecule is CNC(=O)c1c(NS(C)(=O)=O)oc2cccc(C(C)O)c12. The molecule has 2 rings (SSSR count). The van der Waals surface area contributed by atoms with E-state index in [2.05, 4.69) is 10.0 Å². The Bertz CT molecular complexity index is 792. The van der Waals surface area contributed by atoms with Crippen LogP contribution in [0.25, 0.3) is 11.0 Å². The first-order valence-corrected chi connectivity index (χ1v) is 8.07. The predicted molar refractivity (Wildman–Crippen MR) is 78.7 cm³/mol. The summed E-state index contributed by atoms with van der Waals surface area (Å²) in [6, 6.07) is 4.91. The van der Waals surface area contributed by atoms with Gasteiger partial charge in [0.05, 0.1) is 12.4 Å². The number of nitrogens with one attached hydrogen (secondary N) is 2. The molecule has 0 aliphatic carbocycles. The van der Waals surface area contributed by atoms with Crippen molar-refractivity contribution in [2.45, 2.75) is 13.0 Å². The number of aliphatic hydroxyl groups excluding tert-OH is 1. The van der Waals surface area contributed by atoms with Gasteiger partial charge in [0.2, 0.25) is 15.9 Å². The Balaban J connectivity index is 2.81. The molecule has 1 aromatic heterocycles. The summed E-state index contributed by atoms with van der Waals surface area (Å²) in [4.78, 5) is 12.1. The minimum absolute atomic E-state index is 0.0504. The zero-order valence-corrected chi connectivity index (χ0v) is 12.6. The van der Waals surface area contributed by atoms with Crippen molar-refractivity contribution >= 4 is 32.8 Å². The molecule has 0 radical (unpaired) electrons. The number of sulfonamides is 1. The van der Waals surface area contributed by atoms with Crippen LogP contribution < -0.4 is 10.0 Å². The van der Waals surface area contributed by atoms with E-state index < -0.39 is 22.0 Å². The highest BCUT2D eigenvalue weighted by Crippen LogP contribution is 2.35. The number of aliphatic hydroxyl groups is 1. The monoisotopic (exact) mass is 312 g/mol. The zero-order valence-electron chi connectivity index (χ0n) is 11.8. The van der Waals surface area contributed by atoms with Gasteiger partial charge in [0.25, 0.3) is 5.91 Å². The number of carbonyl (C=O) groups is 1. The van der Waals surface area contributed by atoms with Crippen LogP contribution in [0.15, 0.2) is 22.6 Å². The summed E-state index contributed by atoms with van der Waals surface area (Å²) in [6.45, 7) is 1.55. The number of benzene rings is 1. The van der Waals surface area contributed by atoms with E-state index in [4.69, 9.17) is 4.42 Å². The molecule has 1 unspecified atom stereocenters. The maximum Gasteiger partial charge on any atom is 0.257 e. The van der Waals surface area contributed by atoms with Crippen LogP contribution in [0.1, 0.15) is 28.9 Å². The number of furan rings is 1. The average Bonchev–Trinajstić information content (AvgIpc) is 2.72. The van der Waals surface area contributed by atoms with Crippen molar-refractivity contribution in [2.24, 2.45) is 0 Å². The first-order valence-electron chi connectivity index (χ1n) is 6.18. The van der Waals surface area contributed by atoms with Gasteiger partial charge in [-0.05, 0) is 18.6 Å². The molecule has 0 bridgehead atoms. The Morgan fingerprint density at radius 3 is 2.57 bits per heavy atom. The summed E-state index contributed by atoms with van der Waals surface area (Å²) in [6.07, 6.45) is 0.129. The minimum Gasteiger partial charge on any atom is -0.439 e. The van der Waals surface area contributed by atoms with E-state index in [0.29, 0.717) is 16.5 Å². The number of amides is 1. The minimum atomic E-state index is -3.61. The molecule has 7 nitrogen and oxygen atoms in total. The molecule has 114 valence electrons. The molecule has 8 heteroatoms. The molecule has 0 spiro atoms. The molecule has 0 fully saturated rings. The highest BCUT2D eigenvalue weighted by atomic mass is 32.2. The third-order valence-electron chi connectivity index (χ3n) is 2.93. The van der Waals surface area contributed by atoms with Gasteiger partial charge < -0.3 is 14.8 Å². The second kappa shape index (κ2) is 5.38. The molecule has 3 N–H and O–H groups in total. The van der Waals surface area contributed by atoms with Crippen LogP contribution >= 0.6 is 0 Å². The van der Waals surface area contributed by atoms with Gasteiger partial charge in [-0.25, -0.2) is 8.42 Å². The maximum atomic E-state index is 12.1. The van der Waals surface area contributed by atoms with Crippen LogP contribution in [-0.2, 0) is 10.0 Å². The number of hydrogen-bond donors (Lipinski definition) is 3. The second-order valence-corrected chi connectivity index (χ2v) is 6.40. The molecule has 1 atom stereocenters. The first-order chi connectivity index (χ1) is 9.74. The number of hydrogen-bond acceptors (Lipinski definition) is 5. The summed E-state index contributed by atoms with van der Waals surface area (Å²) in [5.74, 6) is -0.673. The smallest absolute Gasteiger partial charge is 0.257 e. The van der Waals surface area contributed by atoms with Crippen molar-refractivity contribution < 1.29 is 22.7 Å². The van der Waals surface area contributed by atoms with E-state index in [1.54, 1.807) is 25.1 Å². The fraction of sp³-hybridized carbons (Fsp3) is 0.308. The standard InChI is InChI=1S/C13H16N2O5S/c1-7(16)8-5-4-6-9-10(8)11(12(17)14-2)13(20-9)15-21(3,18)19/h4-7,15-16H,1-3H3,(H,14,17). The topological polar surface area (TPSA) is 109 Å². The van der Waals surface area contributed by atoms with Gasteiger partial charge in [-0.15, -0.1) is 0 Å². The zero-order chi connectivity index (χ0) is 15.8. The fourth-order valence-corrected chi connectivity index (χ4v) is 2.59. The lowest BCUT2D eigenvalue weighted by molar-refractivity contribution is 0.0965. The van der Waals surface area contributed by atoms with E-state index in [1.807, 2.05) is 0 Å². The van der Waals surface area contributed by atoms with Crippen LogP contribution in [0.4, 0.5) is 5.88 Å². The molecule has 0 aliphatic heterocycles. The number of anilines is 1. The van der Waals surface area contributed by atoms with Gasteiger partial charge in [0, 0.05) is 12.4 Å². The molecular weight excluding hydrogens is 296 g/mol. The largest absolute Gasteiger partial charge is 0.439 e.